The molecule has 1 aromatic heterocycles. The highest BCUT2D eigenvalue weighted by atomic mass is 32.2. The van der Waals surface area contributed by atoms with Crippen LogP contribution in [0.25, 0.3) is 22.4 Å². The van der Waals surface area contributed by atoms with Gasteiger partial charge in [-0.15, -0.1) is 0 Å². The topological polar surface area (TPSA) is 104 Å². The largest absolute Gasteiger partial charge is 0.338 e. The number of H-pyrrole nitrogens is 1. The summed E-state index contributed by atoms with van der Waals surface area (Å²) in [5.74, 6) is 0.392. The van der Waals surface area contributed by atoms with E-state index in [2.05, 4.69) is 20.0 Å². The lowest BCUT2D eigenvalue weighted by Crippen LogP contribution is -2.26. The molecule has 0 spiro atoms. The summed E-state index contributed by atoms with van der Waals surface area (Å²) in [4.78, 5) is 20.8. The average Bonchev–Trinajstić information content (AvgIpc) is 3.47. The average molecular weight is 447 g/mol. The molecule has 0 saturated heterocycles. The van der Waals surface area contributed by atoms with E-state index in [1.165, 1.54) is 12.1 Å². The molecule has 1 heterocycles. The van der Waals surface area contributed by atoms with Gasteiger partial charge in [0.15, 0.2) is 0 Å². The number of para-hydroxylation sites is 2. The second kappa shape index (κ2) is 7.89. The number of benzene rings is 3. The number of nitrogens with zero attached hydrogens (tertiary/aromatic N) is 1. The molecule has 1 aliphatic carbocycles. The number of anilines is 1. The Morgan fingerprint density at radius 3 is 2.50 bits per heavy atom. The number of amides is 1. The smallest absolute Gasteiger partial charge is 0.255 e. The Balaban J connectivity index is 1.35. The Morgan fingerprint density at radius 1 is 1.03 bits per heavy atom. The summed E-state index contributed by atoms with van der Waals surface area (Å²) in [6.45, 7) is 1.78. The number of aryl methyl sites for hydroxylation is 1. The van der Waals surface area contributed by atoms with Crippen LogP contribution in [-0.4, -0.2) is 30.3 Å². The van der Waals surface area contributed by atoms with Crippen LogP contribution in [0, 0.1) is 6.92 Å². The minimum Gasteiger partial charge on any atom is -0.338 e. The lowest BCUT2D eigenvalue weighted by molar-refractivity contribution is 0.102. The first kappa shape index (κ1) is 20.4. The second-order valence-corrected chi connectivity index (χ2v) is 9.72. The van der Waals surface area contributed by atoms with Gasteiger partial charge in [-0.05, 0) is 73.9 Å². The van der Waals surface area contributed by atoms with Crippen molar-refractivity contribution in [2.75, 3.05) is 5.32 Å². The van der Waals surface area contributed by atoms with Crippen molar-refractivity contribution in [1.29, 1.82) is 0 Å². The fourth-order valence-corrected chi connectivity index (χ4v) is 4.83. The van der Waals surface area contributed by atoms with Gasteiger partial charge in [-0.25, -0.2) is 18.1 Å². The molecule has 4 aromatic rings. The molecule has 3 aromatic carbocycles. The highest BCUT2D eigenvalue weighted by molar-refractivity contribution is 7.89. The molecule has 5 rings (SSSR count). The third-order valence-corrected chi connectivity index (χ3v) is 6.99. The van der Waals surface area contributed by atoms with E-state index < -0.39 is 10.0 Å². The number of rotatable bonds is 6. The minimum atomic E-state index is -3.63. The molecule has 1 amide bonds. The van der Waals surface area contributed by atoms with Gasteiger partial charge >= 0.3 is 0 Å². The predicted octanol–water partition coefficient (Wildman–Crippen LogP) is 4.23. The molecule has 3 N–H and O–H groups in total. The van der Waals surface area contributed by atoms with Gasteiger partial charge in [0.1, 0.15) is 5.82 Å². The lowest BCUT2D eigenvalue weighted by atomic mass is 10.1. The van der Waals surface area contributed by atoms with Crippen LogP contribution >= 0.6 is 0 Å². The predicted molar refractivity (Wildman–Crippen MR) is 124 cm³/mol. The first-order valence-electron chi connectivity index (χ1n) is 10.4. The van der Waals surface area contributed by atoms with E-state index >= 15 is 0 Å². The van der Waals surface area contributed by atoms with Gasteiger partial charge in [-0.2, -0.15) is 0 Å². The number of fused-ring (bicyclic) bond motifs is 1. The van der Waals surface area contributed by atoms with Crippen molar-refractivity contribution >= 4 is 32.7 Å². The molecular formula is C24H22N4O3S. The number of hydrogen-bond acceptors (Lipinski definition) is 4. The number of imidazole rings is 1. The Labute approximate surface area is 185 Å². The van der Waals surface area contributed by atoms with Crippen molar-refractivity contribution in [3.8, 4) is 11.4 Å². The number of carbonyl (C=O) groups is 1. The van der Waals surface area contributed by atoms with Gasteiger partial charge in [0.25, 0.3) is 5.91 Å². The second-order valence-electron chi connectivity index (χ2n) is 8.01. The maximum absolute atomic E-state index is 12.9. The zero-order valence-corrected chi connectivity index (χ0v) is 18.2. The lowest BCUT2D eigenvalue weighted by Gasteiger charge is -2.11. The summed E-state index contributed by atoms with van der Waals surface area (Å²) in [5.41, 5.74) is 4.38. The molecule has 1 fully saturated rings. The fraction of sp³-hybridized carbons (Fsp3) is 0.167. The summed E-state index contributed by atoms with van der Waals surface area (Å²) < 4.78 is 27.7. The molecule has 1 aliphatic rings. The van der Waals surface area contributed by atoms with Gasteiger partial charge in [0.05, 0.1) is 15.9 Å². The standard InChI is InChI=1S/C24H22N4O3S/c1-15-6-13-19(32(30,31)28-18-11-12-18)14-20(15)24(29)25-17-9-7-16(8-10-17)23-26-21-4-2-3-5-22(21)27-23/h2-10,13-14,18,28H,11-12H2,1H3,(H,25,29)(H,26,27). The highest BCUT2D eigenvalue weighted by Crippen LogP contribution is 2.25. The normalized spacial score (nSPS) is 13.9. The van der Waals surface area contributed by atoms with E-state index in [0.717, 1.165) is 35.3 Å². The van der Waals surface area contributed by atoms with Crippen molar-refractivity contribution in [2.24, 2.45) is 0 Å². The third kappa shape index (κ3) is 4.15. The Bertz CT molecular complexity index is 1390. The minimum absolute atomic E-state index is 0.00356. The van der Waals surface area contributed by atoms with E-state index in [4.69, 9.17) is 0 Å². The molecule has 0 unspecified atom stereocenters. The van der Waals surface area contributed by atoms with Crippen LogP contribution in [0.2, 0.25) is 0 Å². The first-order valence-corrected chi connectivity index (χ1v) is 11.9. The van der Waals surface area contributed by atoms with Crippen molar-refractivity contribution in [3.05, 3.63) is 77.9 Å². The van der Waals surface area contributed by atoms with Gasteiger partial charge in [-0.1, -0.05) is 18.2 Å². The van der Waals surface area contributed by atoms with Crippen molar-refractivity contribution in [3.63, 3.8) is 0 Å². The van der Waals surface area contributed by atoms with Crippen molar-refractivity contribution in [1.82, 2.24) is 14.7 Å². The summed E-state index contributed by atoms with van der Waals surface area (Å²) in [5, 5.41) is 2.85. The molecule has 7 nitrogen and oxygen atoms in total. The number of aromatic nitrogens is 2. The quantitative estimate of drug-likeness (QED) is 0.412. The highest BCUT2D eigenvalue weighted by Gasteiger charge is 2.28. The van der Waals surface area contributed by atoms with Crippen molar-refractivity contribution < 1.29 is 13.2 Å². The number of hydrogen-bond donors (Lipinski definition) is 3. The van der Waals surface area contributed by atoms with E-state index in [1.54, 1.807) is 25.1 Å². The molecule has 162 valence electrons. The number of nitrogens with one attached hydrogen (secondary N) is 3. The Kier molecular flexibility index (Phi) is 5.03. The Hall–Kier alpha value is -3.49. The summed E-state index contributed by atoms with van der Waals surface area (Å²) in [6.07, 6.45) is 1.70. The molecule has 1 saturated carbocycles. The van der Waals surface area contributed by atoms with Gasteiger partial charge in [0, 0.05) is 22.9 Å². The Morgan fingerprint density at radius 2 is 1.78 bits per heavy atom. The van der Waals surface area contributed by atoms with Crippen LogP contribution < -0.4 is 10.0 Å². The van der Waals surface area contributed by atoms with E-state index in [9.17, 15) is 13.2 Å². The number of aromatic amines is 1. The summed E-state index contributed by atoms with van der Waals surface area (Å²) >= 11 is 0. The van der Waals surface area contributed by atoms with Gasteiger partial charge in [0.2, 0.25) is 10.0 Å². The van der Waals surface area contributed by atoms with E-state index in [-0.39, 0.29) is 16.8 Å². The van der Waals surface area contributed by atoms with Crippen LogP contribution in [0.5, 0.6) is 0 Å². The summed E-state index contributed by atoms with van der Waals surface area (Å²) in [6, 6.07) is 19.8. The van der Waals surface area contributed by atoms with Crippen LogP contribution in [0.15, 0.2) is 71.6 Å². The molecule has 0 atom stereocenters. The zero-order valence-electron chi connectivity index (χ0n) is 17.4. The summed E-state index contributed by atoms with van der Waals surface area (Å²) in [7, 11) is -3.63. The molecular weight excluding hydrogens is 424 g/mol. The SMILES string of the molecule is Cc1ccc(S(=O)(=O)NC2CC2)cc1C(=O)Nc1ccc(-c2nc3ccccc3[nH]2)cc1. The monoisotopic (exact) mass is 446 g/mol. The fourth-order valence-electron chi connectivity index (χ4n) is 3.50. The first-order chi connectivity index (χ1) is 15.4. The maximum atomic E-state index is 12.9. The van der Waals surface area contributed by atoms with Gasteiger partial charge < -0.3 is 10.3 Å². The van der Waals surface area contributed by atoms with Crippen LogP contribution in [0.1, 0.15) is 28.8 Å². The van der Waals surface area contributed by atoms with Crippen LogP contribution in [0.3, 0.4) is 0 Å². The van der Waals surface area contributed by atoms with Crippen molar-refractivity contribution in [2.45, 2.75) is 30.7 Å². The van der Waals surface area contributed by atoms with Crippen LogP contribution in [0.4, 0.5) is 5.69 Å². The number of sulfonamides is 1. The zero-order chi connectivity index (χ0) is 22.3. The molecule has 0 bridgehead atoms. The maximum Gasteiger partial charge on any atom is 0.255 e. The third-order valence-electron chi connectivity index (χ3n) is 5.47. The molecule has 32 heavy (non-hydrogen) atoms. The van der Waals surface area contributed by atoms with E-state index in [1.807, 2.05) is 36.4 Å². The molecule has 8 heteroatoms. The molecule has 0 radical (unpaired) electrons. The van der Waals surface area contributed by atoms with Gasteiger partial charge in [-0.3, -0.25) is 4.79 Å². The van der Waals surface area contributed by atoms with Crippen LogP contribution in [-0.2, 0) is 10.0 Å². The van der Waals surface area contributed by atoms with E-state index in [0.29, 0.717) is 16.8 Å². The molecule has 0 aliphatic heterocycles. The number of carbonyl (C=O) groups excluding carboxylic acids is 1.